The van der Waals surface area contributed by atoms with Crippen molar-refractivity contribution < 1.29 is 9.63 Å². The number of nitrogens with zero attached hydrogens (tertiary/aromatic N) is 1. The van der Waals surface area contributed by atoms with Gasteiger partial charge in [-0.1, -0.05) is 12.8 Å². The second-order valence-electron chi connectivity index (χ2n) is 5.33. The molecule has 0 unspecified atom stereocenters. The quantitative estimate of drug-likeness (QED) is 0.748. The molecule has 0 saturated carbocycles. The van der Waals surface area contributed by atoms with Gasteiger partial charge in [0.25, 0.3) is 0 Å². The SMILES string of the molecule is CC(C)(C)ONCC(=O)N1CCCCCC1. The Kier molecular flexibility index (Phi) is 5.22. The zero-order valence-corrected chi connectivity index (χ0v) is 10.7. The summed E-state index contributed by atoms with van der Waals surface area (Å²) in [6.07, 6.45) is 4.75. The van der Waals surface area contributed by atoms with Crippen LogP contribution in [0, 0.1) is 0 Å². The molecular formula is C12H24N2O2. The highest BCUT2D eigenvalue weighted by Crippen LogP contribution is 2.09. The summed E-state index contributed by atoms with van der Waals surface area (Å²) in [6.45, 7) is 7.94. The van der Waals surface area contributed by atoms with E-state index in [1.165, 1.54) is 12.8 Å². The topological polar surface area (TPSA) is 41.6 Å². The fourth-order valence-corrected chi connectivity index (χ4v) is 1.75. The number of hydrogen-bond acceptors (Lipinski definition) is 3. The standard InChI is InChI=1S/C12H24N2O2/c1-12(2,3)16-13-10-11(15)14-8-6-4-5-7-9-14/h13H,4-10H2,1-3H3. The minimum Gasteiger partial charge on any atom is -0.342 e. The van der Waals surface area contributed by atoms with Crippen molar-refractivity contribution in [1.82, 2.24) is 10.4 Å². The first-order valence-electron chi connectivity index (χ1n) is 6.18. The number of amides is 1. The molecule has 1 heterocycles. The van der Waals surface area contributed by atoms with Crippen LogP contribution in [0.15, 0.2) is 0 Å². The molecule has 94 valence electrons. The highest BCUT2D eigenvalue weighted by atomic mass is 16.7. The molecule has 0 atom stereocenters. The molecule has 4 heteroatoms. The van der Waals surface area contributed by atoms with Crippen LogP contribution < -0.4 is 5.48 Å². The summed E-state index contributed by atoms with van der Waals surface area (Å²) in [5.74, 6) is 0.145. The molecule has 0 aromatic heterocycles. The van der Waals surface area contributed by atoms with Gasteiger partial charge in [-0.25, -0.2) is 0 Å². The van der Waals surface area contributed by atoms with Gasteiger partial charge in [0.2, 0.25) is 5.91 Å². The molecule has 1 aliphatic heterocycles. The summed E-state index contributed by atoms with van der Waals surface area (Å²) in [5, 5.41) is 0. The molecular weight excluding hydrogens is 204 g/mol. The number of hydroxylamine groups is 1. The smallest absolute Gasteiger partial charge is 0.238 e. The largest absolute Gasteiger partial charge is 0.342 e. The lowest BCUT2D eigenvalue weighted by Gasteiger charge is -2.23. The van der Waals surface area contributed by atoms with Crippen LogP contribution in [0.3, 0.4) is 0 Å². The average molecular weight is 228 g/mol. The van der Waals surface area contributed by atoms with E-state index < -0.39 is 0 Å². The summed E-state index contributed by atoms with van der Waals surface area (Å²) in [6, 6.07) is 0. The Bertz CT molecular complexity index is 216. The maximum atomic E-state index is 11.8. The Labute approximate surface area is 98.3 Å². The molecule has 1 rings (SSSR count). The van der Waals surface area contributed by atoms with Crippen molar-refractivity contribution in [3.05, 3.63) is 0 Å². The Morgan fingerprint density at radius 3 is 2.25 bits per heavy atom. The molecule has 16 heavy (non-hydrogen) atoms. The highest BCUT2D eigenvalue weighted by molar-refractivity contribution is 5.78. The van der Waals surface area contributed by atoms with Crippen molar-refractivity contribution in [2.24, 2.45) is 0 Å². The van der Waals surface area contributed by atoms with Gasteiger partial charge in [-0.05, 0) is 33.6 Å². The van der Waals surface area contributed by atoms with Crippen LogP contribution in [0.1, 0.15) is 46.5 Å². The average Bonchev–Trinajstić information content (AvgIpc) is 2.43. The number of nitrogens with one attached hydrogen (secondary N) is 1. The molecule has 1 fully saturated rings. The molecule has 0 spiro atoms. The predicted molar refractivity (Wildman–Crippen MR) is 63.9 cm³/mol. The van der Waals surface area contributed by atoms with Gasteiger partial charge in [0.1, 0.15) is 6.54 Å². The molecule has 0 bridgehead atoms. The summed E-state index contributed by atoms with van der Waals surface area (Å²) < 4.78 is 0. The third kappa shape index (κ3) is 5.47. The van der Waals surface area contributed by atoms with Crippen molar-refractivity contribution in [2.45, 2.75) is 52.1 Å². The summed E-state index contributed by atoms with van der Waals surface area (Å²) in [7, 11) is 0. The number of carbonyl (C=O) groups excluding carboxylic acids is 1. The van der Waals surface area contributed by atoms with Gasteiger partial charge in [0, 0.05) is 13.1 Å². The molecule has 0 aromatic carbocycles. The predicted octanol–water partition coefficient (Wildman–Crippen LogP) is 1.71. The summed E-state index contributed by atoms with van der Waals surface area (Å²) in [4.78, 5) is 19.1. The van der Waals surface area contributed by atoms with Crippen LogP contribution in [-0.2, 0) is 9.63 Å². The summed E-state index contributed by atoms with van der Waals surface area (Å²) in [5.41, 5.74) is 2.50. The maximum absolute atomic E-state index is 11.8. The molecule has 1 N–H and O–H groups in total. The third-order valence-electron chi connectivity index (χ3n) is 2.56. The van der Waals surface area contributed by atoms with Crippen LogP contribution in [0.25, 0.3) is 0 Å². The molecule has 1 amide bonds. The Morgan fingerprint density at radius 1 is 1.19 bits per heavy atom. The van der Waals surface area contributed by atoms with Crippen molar-refractivity contribution in [1.29, 1.82) is 0 Å². The summed E-state index contributed by atoms with van der Waals surface area (Å²) >= 11 is 0. The fourth-order valence-electron chi connectivity index (χ4n) is 1.75. The van der Waals surface area contributed by atoms with Crippen molar-refractivity contribution in [2.75, 3.05) is 19.6 Å². The highest BCUT2D eigenvalue weighted by Gasteiger charge is 2.16. The van der Waals surface area contributed by atoms with Crippen molar-refractivity contribution >= 4 is 5.91 Å². The van der Waals surface area contributed by atoms with E-state index in [1.807, 2.05) is 25.7 Å². The fraction of sp³-hybridized carbons (Fsp3) is 0.917. The van der Waals surface area contributed by atoms with Crippen molar-refractivity contribution in [3.8, 4) is 0 Å². The molecule has 0 radical (unpaired) electrons. The normalized spacial score (nSPS) is 18.3. The minimum absolute atomic E-state index is 0.145. The Balaban J connectivity index is 2.23. The van der Waals surface area contributed by atoms with Crippen LogP contribution >= 0.6 is 0 Å². The van der Waals surface area contributed by atoms with Gasteiger partial charge >= 0.3 is 0 Å². The van der Waals surface area contributed by atoms with Crippen LogP contribution in [0.2, 0.25) is 0 Å². The van der Waals surface area contributed by atoms with E-state index in [0.29, 0.717) is 0 Å². The van der Waals surface area contributed by atoms with Gasteiger partial charge in [-0.15, -0.1) is 0 Å². The van der Waals surface area contributed by atoms with Gasteiger partial charge in [0.05, 0.1) is 5.60 Å². The first-order valence-corrected chi connectivity index (χ1v) is 6.18. The lowest BCUT2D eigenvalue weighted by atomic mass is 10.2. The lowest BCUT2D eigenvalue weighted by molar-refractivity contribution is -0.136. The molecule has 4 nitrogen and oxygen atoms in total. The molecule has 0 aromatic rings. The first kappa shape index (κ1) is 13.5. The van der Waals surface area contributed by atoms with Gasteiger partial charge in [0.15, 0.2) is 0 Å². The van der Waals surface area contributed by atoms with E-state index in [0.717, 1.165) is 25.9 Å². The van der Waals surface area contributed by atoms with Gasteiger partial charge in [-0.3, -0.25) is 9.63 Å². The zero-order chi connectivity index (χ0) is 12.0. The van der Waals surface area contributed by atoms with E-state index in [4.69, 9.17) is 4.84 Å². The number of hydrogen-bond donors (Lipinski definition) is 1. The van der Waals surface area contributed by atoms with E-state index in [2.05, 4.69) is 5.48 Å². The number of rotatable bonds is 3. The van der Waals surface area contributed by atoms with Crippen LogP contribution in [-0.4, -0.2) is 36.0 Å². The maximum Gasteiger partial charge on any atom is 0.238 e. The van der Waals surface area contributed by atoms with Crippen LogP contribution in [0.5, 0.6) is 0 Å². The molecule has 1 aliphatic rings. The number of likely N-dealkylation sites (tertiary alicyclic amines) is 1. The first-order chi connectivity index (χ1) is 7.49. The Morgan fingerprint density at radius 2 is 1.75 bits per heavy atom. The zero-order valence-electron chi connectivity index (χ0n) is 10.7. The van der Waals surface area contributed by atoms with Crippen LogP contribution in [0.4, 0.5) is 0 Å². The number of carbonyl (C=O) groups is 1. The van der Waals surface area contributed by atoms with Gasteiger partial charge in [-0.2, -0.15) is 5.48 Å². The third-order valence-corrected chi connectivity index (χ3v) is 2.56. The van der Waals surface area contributed by atoms with E-state index in [9.17, 15) is 4.79 Å². The molecule has 0 aliphatic carbocycles. The van der Waals surface area contributed by atoms with Gasteiger partial charge < -0.3 is 4.90 Å². The Hall–Kier alpha value is -0.610. The minimum atomic E-state index is -0.251. The van der Waals surface area contributed by atoms with E-state index >= 15 is 0 Å². The lowest BCUT2D eigenvalue weighted by Crippen LogP contribution is -2.41. The second kappa shape index (κ2) is 6.21. The molecule has 1 saturated heterocycles. The monoisotopic (exact) mass is 228 g/mol. The van der Waals surface area contributed by atoms with Crippen molar-refractivity contribution in [3.63, 3.8) is 0 Å². The van der Waals surface area contributed by atoms with E-state index in [-0.39, 0.29) is 18.1 Å². The van der Waals surface area contributed by atoms with E-state index in [1.54, 1.807) is 0 Å². The second-order valence-corrected chi connectivity index (χ2v) is 5.33.